The molecule has 1 saturated carbocycles. The maximum absolute atomic E-state index is 14.8. The van der Waals surface area contributed by atoms with Crippen molar-refractivity contribution in [2.75, 3.05) is 31.6 Å². The van der Waals surface area contributed by atoms with E-state index in [9.17, 15) is 27.2 Å². The minimum absolute atomic E-state index is 0.0229. The monoisotopic (exact) mass is 565 g/mol. The number of halogens is 4. The van der Waals surface area contributed by atoms with Gasteiger partial charge in [-0.3, -0.25) is 9.69 Å². The molecule has 7 nitrogen and oxygen atoms in total. The Kier molecular flexibility index (Phi) is 10.0. The van der Waals surface area contributed by atoms with Crippen molar-refractivity contribution >= 4 is 17.7 Å². The van der Waals surface area contributed by atoms with Gasteiger partial charge in [0.1, 0.15) is 12.4 Å². The zero-order valence-corrected chi connectivity index (χ0v) is 22.1. The molecular formula is C29H35F4N3O4. The number of carbonyl (C=O) groups is 2. The number of hydrogen-bond acceptors (Lipinski definition) is 4. The van der Waals surface area contributed by atoms with Gasteiger partial charge in [0.05, 0.1) is 12.7 Å². The minimum Gasteiger partial charge on any atom is -0.465 e. The van der Waals surface area contributed by atoms with Crippen LogP contribution in [0.4, 0.5) is 28.0 Å². The maximum Gasteiger partial charge on any atom is 0.407 e. The Balaban J connectivity index is 1.30. The summed E-state index contributed by atoms with van der Waals surface area (Å²) in [6.45, 7) is -1.62. The van der Waals surface area contributed by atoms with E-state index in [4.69, 9.17) is 9.84 Å². The zero-order chi connectivity index (χ0) is 28.7. The van der Waals surface area contributed by atoms with Gasteiger partial charge in [-0.1, -0.05) is 49.2 Å². The topological polar surface area (TPSA) is 90.9 Å². The highest BCUT2D eigenvalue weighted by atomic mass is 19.4. The maximum atomic E-state index is 14.8. The number of hydrogen-bond donors (Lipinski definition) is 3. The van der Waals surface area contributed by atoms with E-state index in [-0.39, 0.29) is 44.0 Å². The molecule has 0 unspecified atom stereocenters. The molecule has 1 heterocycles. The molecule has 2 fully saturated rings. The van der Waals surface area contributed by atoms with Crippen molar-refractivity contribution in [1.29, 1.82) is 0 Å². The lowest BCUT2D eigenvalue weighted by Crippen LogP contribution is -2.53. The van der Waals surface area contributed by atoms with E-state index in [1.54, 1.807) is 12.1 Å². The fourth-order valence-corrected chi connectivity index (χ4v) is 5.14. The Hall–Kier alpha value is -3.18. The average molecular weight is 566 g/mol. The SMILES string of the molecule is O=C(C[C@H](CC1CC1)c1ccccc1)Nc1cccc(F)c1CC[C@@H]1CN[C@@H](CN(CC(F)(F)F)C(=O)O)CO1. The van der Waals surface area contributed by atoms with Crippen LogP contribution >= 0.6 is 0 Å². The highest BCUT2D eigenvalue weighted by molar-refractivity contribution is 5.92. The number of morpholine rings is 1. The van der Waals surface area contributed by atoms with Crippen LogP contribution in [0.5, 0.6) is 0 Å². The first-order valence-corrected chi connectivity index (χ1v) is 13.6. The second-order valence-corrected chi connectivity index (χ2v) is 10.7. The molecule has 0 bridgehead atoms. The van der Waals surface area contributed by atoms with Gasteiger partial charge >= 0.3 is 12.3 Å². The molecule has 1 saturated heterocycles. The number of benzene rings is 2. The summed E-state index contributed by atoms with van der Waals surface area (Å²) >= 11 is 0. The lowest BCUT2D eigenvalue weighted by atomic mass is 9.90. The smallest absolute Gasteiger partial charge is 0.407 e. The molecule has 2 aromatic rings. The molecule has 2 aliphatic rings. The van der Waals surface area contributed by atoms with Crippen molar-refractivity contribution < 1.29 is 37.0 Å². The lowest BCUT2D eigenvalue weighted by molar-refractivity contribution is -0.143. The van der Waals surface area contributed by atoms with Gasteiger partial charge in [-0.15, -0.1) is 0 Å². The predicted molar refractivity (Wildman–Crippen MR) is 142 cm³/mol. The molecule has 0 radical (unpaired) electrons. The molecule has 3 atom stereocenters. The molecule has 11 heteroatoms. The van der Waals surface area contributed by atoms with Crippen LogP contribution in [-0.4, -0.2) is 66.6 Å². The van der Waals surface area contributed by atoms with E-state index in [1.165, 1.54) is 18.9 Å². The molecule has 2 amide bonds. The first kappa shape index (κ1) is 29.8. The Bertz CT molecular complexity index is 1140. The summed E-state index contributed by atoms with van der Waals surface area (Å²) < 4.78 is 58.6. The summed E-state index contributed by atoms with van der Waals surface area (Å²) in [4.78, 5) is 24.5. The van der Waals surface area contributed by atoms with Crippen LogP contribution in [0.1, 0.15) is 49.1 Å². The summed E-state index contributed by atoms with van der Waals surface area (Å²) in [5.74, 6) is 0.111. The highest BCUT2D eigenvalue weighted by Gasteiger charge is 2.35. The molecule has 218 valence electrons. The third-order valence-corrected chi connectivity index (χ3v) is 7.38. The molecule has 1 aliphatic heterocycles. The molecule has 4 rings (SSSR count). The van der Waals surface area contributed by atoms with Gasteiger partial charge in [0.25, 0.3) is 0 Å². The number of nitrogens with zero attached hydrogens (tertiary/aromatic N) is 1. The lowest BCUT2D eigenvalue weighted by Gasteiger charge is -2.33. The Morgan fingerprint density at radius 1 is 1.12 bits per heavy atom. The van der Waals surface area contributed by atoms with Gasteiger partial charge in [-0.05, 0) is 48.8 Å². The number of anilines is 1. The zero-order valence-electron chi connectivity index (χ0n) is 22.1. The van der Waals surface area contributed by atoms with Crippen molar-refractivity contribution in [2.45, 2.75) is 62.8 Å². The van der Waals surface area contributed by atoms with Crippen LogP contribution in [0.3, 0.4) is 0 Å². The second kappa shape index (κ2) is 13.5. The van der Waals surface area contributed by atoms with E-state index >= 15 is 0 Å². The van der Waals surface area contributed by atoms with E-state index in [0.29, 0.717) is 34.9 Å². The molecule has 3 N–H and O–H groups in total. The third-order valence-electron chi connectivity index (χ3n) is 7.38. The standard InChI is InChI=1S/C29H35F4N3O4/c30-25-7-4-8-26(35-27(37)14-21(13-19-9-10-19)20-5-2-1-3-6-20)24(25)12-11-23-15-34-22(17-40-23)16-36(28(38)39)18-29(31,32)33/h1-8,19,21-23,34H,9-18H2,(H,35,37)(H,38,39)/t21-,22-,23+/m0/s1. The number of nitrogens with one attached hydrogen (secondary N) is 2. The fraction of sp³-hybridized carbons (Fsp3) is 0.517. The van der Waals surface area contributed by atoms with Crippen molar-refractivity contribution in [3.63, 3.8) is 0 Å². The van der Waals surface area contributed by atoms with Crippen LogP contribution in [0.25, 0.3) is 0 Å². The van der Waals surface area contributed by atoms with Crippen molar-refractivity contribution in [3.05, 3.63) is 65.5 Å². The Morgan fingerprint density at radius 2 is 1.88 bits per heavy atom. The summed E-state index contributed by atoms with van der Waals surface area (Å²) in [6.07, 6.45) is -2.34. The van der Waals surface area contributed by atoms with E-state index < -0.39 is 30.7 Å². The number of carboxylic acid groups (broad SMARTS) is 1. The van der Waals surface area contributed by atoms with Gasteiger partial charge in [-0.2, -0.15) is 13.2 Å². The number of rotatable bonds is 12. The third kappa shape index (κ3) is 9.19. The quantitative estimate of drug-likeness (QED) is 0.293. The molecule has 40 heavy (non-hydrogen) atoms. The number of amides is 2. The van der Waals surface area contributed by atoms with Crippen molar-refractivity contribution in [1.82, 2.24) is 10.2 Å². The Morgan fingerprint density at radius 3 is 2.50 bits per heavy atom. The largest absolute Gasteiger partial charge is 0.465 e. The van der Waals surface area contributed by atoms with Crippen LogP contribution < -0.4 is 10.6 Å². The second-order valence-electron chi connectivity index (χ2n) is 10.7. The van der Waals surface area contributed by atoms with Gasteiger partial charge in [0, 0.05) is 36.8 Å². The molecule has 2 aromatic carbocycles. The number of alkyl halides is 3. The van der Waals surface area contributed by atoms with Gasteiger partial charge in [0.15, 0.2) is 0 Å². The van der Waals surface area contributed by atoms with Crippen molar-refractivity contribution in [3.8, 4) is 0 Å². The predicted octanol–water partition coefficient (Wildman–Crippen LogP) is 5.57. The van der Waals surface area contributed by atoms with Crippen LogP contribution in [-0.2, 0) is 16.0 Å². The summed E-state index contributed by atoms with van der Waals surface area (Å²) in [7, 11) is 0. The van der Waals surface area contributed by atoms with Crippen LogP contribution in [0, 0.1) is 11.7 Å². The first-order valence-electron chi connectivity index (χ1n) is 13.6. The number of carbonyl (C=O) groups excluding carboxylic acids is 1. The Labute approximate surface area is 230 Å². The number of ether oxygens (including phenoxy) is 1. The summed E-state index contributed by atoms with van der Waals surface area (Å²) in [6, 6.07) is 13.9. The first-order chi connectivity index (χ1) is 19.1. The molecule has 1 aliphatic carbocycles. The van der Waals surface area contributed by atoms with Gasteiger partial charge in [-0.25, -0.2) is 9.18 Å². The van der Waals surface area contributed by atoms with Crippen LogP contribution in [0.15, 0.2) is 48.5 Å². The van der Waals surface area contributed by atoms with Gasteiger partial charge < -0.3 is 20.5 Å². The van der Waals surface area contributed by atoms with Gasteiger partial charge in [0.2, 0.25) is 5.91 Å². The normalized spacial score (nSPS) is 20.1. The van der Waals surface area contributed by atoms with Crippen LogP contribution in [0.2, 0.25) is 0 Å². The molecule has 0 spiro atoms. The van der Waals surface area contributed by atoms with Crippen molar-refractivity contribution in [2.24, 2.45) is 5.92 Å². The average Bonchev–Trinajstić information content (AvgIpc) is 3.72. The fourth-order valence-electron chi connectivity index (χ4n) is 5.14. The van der Waals surface area contributed by atoms with E-state index in [0.717, 1.165) is 12.0 Å². The van der Waals surface area contributed by atoms with E-state index in [2.05, 4.69) is 10.6 Å². The molecular weight excluding hydrogens is 530 g/mol. The molecule has 0 aromatic heterocycles. The highest BCUT2D eigenvalue weighted by Crippen LogP contribution is 2.40. The van der Waals surface area contributed by atoms with E-state index in [1.807, 2.05) is 30.3 Å². The summed E-state index contributed by atoms with van der Waals surface area (Å²) in [5.41, 5.74) is 1.89. The summed E-state index contributed by atoms with van der Waals surface area (Å²) in [5, 5.41) is 15.0. The minimum atomic E-state index is -4.64.